The Labute approximate surface area is 165 Å². The topological polar surface area (TPSA) is 58.9 Å². The van der Waals surface area contributed by atoms with Gasteiger partial charge in [0.05, 0.1) is 31.1 Å². The lowest BCUT2D eigenvalue weighted by atomic mass is 10.0. The van der Waals surface area contributed by atoms with Crippen molar-refractivity contribution in [2.75, 3.05) is 32.7 Å². The first kappa shape index (κ1) is 20.6. The van der Waals surface area contributed by atoms with Gasteiger partial charge in [-0.05, 0) is 47.9 Å². The Morgan fingerprint density at radius 1 is 1.04 bits per heavy atom. The molecule has 2 aromatic carbocycles. The molecule has 1 N–H and O–H groups in total. The van der Waals surface area contributed by atoms with Gasteiger partial charge < -0.3 is 4.90 Å². The summed E-state index contributed by atoms with van der Waals surface area (Å²) in [7, 11) is -3.52. The number of nitrogens with one attached hydrogen (secondary N) is 1. The Bertz CT molecular complexity index is 917. The summed E-state index contributed by atoms with van der Waals surface area (Å²) in [6.45, 7) is 6.30. The number of benzene rings is 2. The Hall–Kier alpha value is -2.09. The second kappa shape index (κ2) is 8.51. The number of sulfonamides is 1. The van der Waals surface area contributed by atoms with Gasteiger partial charge in [0, 0.05) is 5.56 Å². The maximum Gasteiger partial charge on any atom is 0.243 e. The first-order valence-corrected chi connectivity index (χ1v) is 10.9. The van der Waals surface area contributed by atoms with Crippen molar-refractivity contribution in [2.45, 2.75) is 24.7 Å². The number of piperazine rings is 1. The van der Waals surface area contributed by atoms with Crippen LogP contribution in [0.4, 0.5) is 4.39 Å². The molecule has 0 aromatic heterocycles. The van der Waals surface area contributed by atoms with Crippen molar-refractivity contribution in [3.05, 3.63) is 65.5 Å². The average Bonchev–Trinajstić information content (AvgIpc) is 2.69. The molecule has 1 aliphatic heterocycles. The minimum Gasteiger partial charge on any atom is -0.326 e. The number of carbonyl (C=O) groups excluding carboxylic acids is 1. The van der Waals surface area contributed by atoms with Gasteiger partial charge in [0.2, 0.25) is 15.8 Å². The lowest BCUT2D eigenvalue weighted by Crippen LogP contribution is -3.15. The fourth-order valence-corrected chi connectivity index (χ4v) is 4.80. The van der Waals surface area contributed by atoms with E-state index in [9.17, 15) is 17.6 Å². The third-order valence-electron chi connectivity index (χ3n) is 5.19. The third kappa shape index (κ3) is 4.66. The molecule has 3 rings (SSSR count). The van der Waals surface area contributed by atoms with E-state index in [1.807, 2.05) is 12.1 Å². The van der Waals surface area contributed by atoms with Crippen LogP contribution in [0.5, 0.6) is 0 Å². The molecule has 7 heteroatoms. The molecule has 0 saturated carbocycles. The predicted octanol–water partition coefficient (Wildman–Crippen LogP) is 1.72. The van der Waals surface area contributed by atoms with Crippen LogP contribution in [-0.4, -0.2) is 51.2 Å². The smallest absolute Gasteiger partial charge is 0.243 e. The van der Waals surface area contributed by atoms with Gasteiger partial charge in [0.1, 0.15) is 12.4 Å². The van der Waals surface area contributed by atoms with Gasteiger partial charge in [0.25, 0.3) is 0 Å². The monoisotopic (exact) mass is 405 g/mol. The van der Waals surface area contributed by atoms with E-state index in [1.54, 1.807) is 12.1 Å². The fraction of sp³-hybridized carbons (Fsp3) is 0.381. The van der Waals surface area contributed by atoms with Gasteiger partial charge in [-0.25, -0.2) is 12.8 Å². The fourth-order valence-electron chi connectivity index (χ4n) is 3.36. The van der Waals surface area contributed by atoms with Crippen LogP contribution >= 0.6 is 0 Å². The Kier molecular flexibility index (Phi) is 6.27. The number of nitrogens with zero attached hydrogens (tertiary/aromatic N) is 1. The highest BCUT2D eigenvalue weighted by atomic mass is 32.2. The van der Waals surface area contributed by atoms with Crippen molar-refractivity contribution in [1.82, 2.24) is 4.31 Å². The highest BCUT2D eigenvalue weighted by Crippen LogP contribution is 2.20. The van der Waals surface area contributed by atoms with Crippen LogP contribution in [0.2, 0.25) is 0 Å². The van der Waals surface area contributed by atoms with Crippen molar-refractivity contribution in [2.24, 2.45) is 0 Å². The van der Waals surface area contributed by atoms with Crippen molar-refractivity contribution < 1.29 is 22.5 Å². The Morgan fingerprint density at radius 3 is 2.14 bits per heavy atom. The largest absolute Gasteiger partial charge is 0.326 e. The second-order valence-electron chi connectivity index (χ2n) is 7.48. The van der Waals surface area contributed by atoms with Gasteiger partial charge in [-0.3, -0.25) is 4.79 Å². The van der Waals surface area contributed by atoms with E-state index < -0.39 is 10.0 Å². The molecule has 0 unspecified atom stereocenters. The van der Waals surface area contributed by atoms with Gasteiger partial charge in [-0.15, -0.1) is 0 Å². The second-order valence-corrected chi connectivity index (χ2v) is 9.42. The van der Waals surface area contributed by atoms with E-state index in [1.165, 1.54) is 28.6 Å². The minimum atomic E-state index is -3.52. The molecule has 0 radical (unpaired) electrons. The summed E-state index contributed by atoms with van der Waals surface area (Å²) in [5.74, 6) is -0.0812. The predicted molar refractivity (Wildman–Crippen MR) is 106 cm³/mol. The number of rotatable bonds is 6. The van der Waals surface area contributed by atoms with E-state index in [-0.39, 0.29) is 18.1 Å². The molecular weight excluding hydrogens is 379 g/mol. The van der Waals surface area contributed by atoms with E-state index in [0.717, 1.165) is 10.5 Å². The van der Waals surface area contributed by atoms with Gasteiger partial charge >= 0.3 is 0 Å². The molecule has 0 bridgehead atoms. The minimum absolute atomic E-state index is 0.0596. The zero-order chi connectivity index (χ0) is 20.3. The van der Waals surface area contributed by atoms with Crippen LogP contribution in [0, 0.1) is 5.82 Å². The molecule has 0 aliphatic carbocycles. The molecule has 1 fully saturated rings. The highest BCUT2D eigenvalue weighted by Gasteiger charge is 2.31. The van der Waals surface area contributed by atoms with Crippen molar-refractivity contribution in [3.63, 3.8) is 0 Å². The van der Waals surface area contributed by atoms with E-state index >= 15 is 0 Å². The summed E-state index contributed by atoms with van der Waals surface area (Å²) in [5, 5.41) is 0. The zero-order valence-electron chi connectivity index (χ0n) is 16.2. The number of hydrogen-bond acceptors (Lipinski definition) is 3. The zero-order valence-corrected chi connectivity index (χ0v) is 17.0. The summed E-state index contributed by atoms with van der Waals surface area (Å²) in [6, 6.07) is 12.6. The summed E-state index contributed by atoms with van der Waals surface area (Å²) in [4.78, 5) is 13.7. The van der Waals surface area contributed by atoms with E-state index in [4.69, 9.17) is 0 Å². The number of halogens is 1. The summed E-state index contributed by atoms with van der Waals surface area (Å²) >= 11 is 0. The molecule has 150 valence electrons. The summed E-state index contributed by atoms with van der Waals surface area (Å²) < 4.78 is 40.2. The summed E-state index contributed by atoms with van der Waals surface area (Å²) in [6.07, 6.45) is 0. The van der Waals surface area contributed by atoms with Gasteiger partial charge in [0.15, 0.2) is 0 Å². The van der Waals surface area contributed by atoms with Crippen molar-refractivity contribution in [1.29, 1.82) is 0 Å². The van der Waals surface area contributed by atoms with E-state index in [2.05, 4.69) is 13.8 Å². The number of Topliss-reactive ketones (excluding diaryl/α,β-unsaturated/α-hetero) is 1. The standard InChI is InChI=1S/C21H25FN2O3S/c1-16(2)17-5-9-20(10-6-17)28(26,27)24-13-11-23(12-14-24)15-21(25)18-3-7-19(22)8-4-18/h3-10,16H,11-15H2,1-2H3/p+1. The maximum atomic E-state index is 13.0. The van der Waals surface area contributed by atoms with Crippen molar-refractivity contribution >= 4 is 15.8 Å². The van der Waals surface area contributed by atoms with Gasteiger partial charge in [-0.2, -0.15) is 4.31 Å². The van der Waals surface area contributed by atoms with Crippen molar-refractivity contribution in [3.8, 4) is 0 Å². The molecule has 28 heavy (non-hydrogen) atoms. The number of hydrogen-bond donors (Lipinski definition) is 1. The molecule has 5 nitrogen and oxygen atoms in total. The molecule has 1 heterocycles. The molecule has 0 amide bonds. The first-order valence-electron chi connectivity index (χ1n) is 9.50. The molecule has 1 aliphatic rings. The van der Waals surface area contributed by atoms with Crippen LogP contribution in [0.1, 0.15) is 35.7 Å². The average molecular weight is 406 g/mol. The maximum absolute atomic E-state index is 13.0. The van der Waals surface area contributed by atoms with Crippen LogP contribution in [0.15, 0.2) is 53.4 Å². The molecule has 1 saturated heterocycles. The quantitative estimate of drug-likeness (QED) is 0.745. The highest BCUT2D eigenvalue weighted by molar-refractivity contribution is 7.89. The van der Waals surface area contributed by atoms with Crippen LogP contribution in [0.3, 0.4) is 0 Å². The summed E-state index contributed by atoms with van der Waals surface area (Å²) in [5.41, 5.74) is 1.58. The van der Waals surface area contributed by atoms with Gasteiger partial charge in [-0.1, -0.05) is 26.0 Å². The first-order chi connectivity index (χ1) is 13.3. The number of carbonyl (C=O) groups is 1. The van der Waals surface area contributed by atoms with Crippen LogP contribution < -0.4 is 4.90 Å². The SMILES string of the molecule is CC(C)c1ccc(S(=O)(=O)N2CC[NH+](CC(=O)c3ccc(F)cc3)CC2)cc1. The lowest BCUT2D eigenvalue weighted by Gasteiger charge is -2.31. The Balaban J connectivity index is 1.59. The van der Waals surface area contributed by atoms with Crippen LogP contribution in [0.25, 0.3) is 0 Å². The molecule has 0 atom stereocenters. The normalized spacial score (nSPS) is 16.4. The molecular formula is C21H26FN2O3S+. The lowest BCUT2D eigenvalue weighted by molar-refractivity contribution is -0.895. The number of ketones is 1. The van der Waals surface area contributed by atoms with E-state index in [0.29, 0.717) is 42.6 Å². The van der Waals surface area contributed by atoms with Crippen LogP contribution in [-0.2, 0) is 10.0 Å². The third-order valence-corrected chi connectivity index (χ3v) is 7.10. The molecule has 2 aromatic rings. The Morgan fingerprint density at radius 2 is 1.61 bits per heavy atom. The molecule has 0 spiro atoms. The number of quaternary nitrogens is 1.